The van der Waals surface area contributed by atoms with E-state index in [2.05, 4.69) is 15.5 Å². The first kappa shape index (κ1) is 13.8. The van der Waals surface area contributed by atoms with Gasteiger partial charge in [-0.3, -0.25) is 0 Å². The molecule has 0 aliphatic carbocycles. The number of benzene rings is 1. The van der Waals surface area contributed by atoms with Crippen molar-refractivity contribution in [3.05, 3.63) is 30.1 Å². The molecule has 4 nitrogen and oxygen atoms in total. The highest BCUT2D eigenvalue weighted by Gasteiger charge is 2.17. The third-order valence-corrected chi connectivity index (χ3v) is 5.04. The number of ether oxygens (including phenoxy) is 1. The molecule has 0 bridgehead atoms. The van der Waals surface area contributed by atoms with Crippen molar-refractivity contribution in [3.8, 4) is 0 Å². The smallest absolute Gasteiger partial charge is 0.210 e. The molecule has 1 aromatic carbocycles. The summed E-state index contributed by atoms with van der Waals surface area (Å²) in [7, 11) is 0. The number of thioether (sulfide) groups is 1. The SMILES string of the molecule is Fc1ccccc1Nc1nnc(SCC2CCCO2)s1. The van der Waals surface area contributed by atoms with Crippen molar-refractivity contribution in [2.45, 2.75) is 23.3 Å². The second kappa shape index (κ2) is 6.51. The molecule has 1 N–H and O–H groups in total. The van der Waals surface area contributed by atoms with Crippen LogP contribution in [0.3, 0.4) is 0 Å². The molecule has 1 fully saturated rings. The van der Waals surface area contributed by atoms with Crippen molar-refractivity contribution in [2.75, 3.05) is 17.7 Å². The number of anilines is 2. The van der Waals surface area contributed by atoms with Crippen LogP contribution in [0.25, 0.3) is 0 Å². The standard InChI is InChI=1S/C13H14FN3OS2/c14-10-5-1-2-6-11(10)15-12-16-17-13(20-12)19-8-9-4-3-7-18-9/h1-2,5-6,9H,3-4,7-8H2,(H,15,16). The van der Waals surface area contributed by atoms with E-state index in [1.165, 1.54) is 17.4 Å². The van der Waals surface area contributed by atoms with Crippen molar-refractivity contribution in [3.63, 3.8) is 0 Å². The second-order valence-corrected chi connectivity index (χ2v) is 6.67. The van der Waals surface area contributed by atoms with Crippen molar-refractivity contribution in [1.82, 2.24) is 10.2 Å². The van der Waals surface area contributed by atoms with E-state index in [4.69, 9.17) is 4.74 Å². The van der Waals surface area contributed by atoms with Crippen molar-refractivity contribution >= 4 is 33.9 Å². The monoisotopic (exact) mass is 311 g/mol. The molecule has 0 radical (unpaired) electrons. The van der Waals surface area contributed by atoms with Crippen LogP contribution in [-0.2, 0) is 4.74 Å². The van der Waals surface area contributed by atoms with Gasteiger partial charge in [0, 0.05) is 12.4 Å². The van der Waals surface area contributed by atoms with Crippen LogP contribution in [-0.4, -0.2) is 28.7 Å². The van der Waals surface area contributed by atoms with Gasteiger partial charge in [-0.2, -0.15) is 0 Å². The summed E-state index contributed by atoms with van der Waals surface area (Å²) in [6.07, 6.45) is 2.58. The zero-order valence-electron chi connectivity index (χ0n) is 10.7. The third kappa shape index (κ3) is 3.47. The van der Waals surface area contributed by atoms with E-state index in [1.807, 2.05) is 0 Å². The Morgan fingerprint density at radius 1 is 1.40 bits per heavy atom. The molecule has 2 aromatic rings. The van der Waals surface area contributed by atoms with E-state index < -0.39 is 0 Å². The lowest BCUT2D eigenvalue weighted by molar-refractivity contribution is 0.129. The van der Waals surface area contributed by atoms with Gasteiger partial charge in [-0.15, -0.1) is 10.2 Å². The first-order valence-corrected chi connectivity index (χ1v) is 8.21. The van der Waals surface area contributed by atoms with Crippen LogP contribution in [0, 0.1) is 5.82 Å². The topological polar surface area (TPSA) is 47.0 Å². The minimum atomic E-state index is -0.295. The molecule has 20 heavy (non-hydrogen) atoms. The normalized spacial score (nSPS) is 18.4. The van der Waals surface area contributed by atoms with Crippen LogP contribution in [0.15, 0.2) is 28.6 Å². The maximum atomic E-state index is 13.5. The van der Waals surface area contributed by atoms with Crippen LogP contribution in [0.4, 0.5) is 15.2 Å². The lowest BCUT2D eigenvalue weighted by Crippen LogP contribution is -2.07. The van der Waals surface area contributed by atoms with E-state index in [-0.39, 0.29) is 5.82 Å². The molecule has 7 heteroatoms. The number of rotatable bonds is 5. The van der Waals surface area contributed by atoms with Gasteiger partial charge in [-0.1, -0.05) is 35.2 Å². The lowest BCUT2D eigenvalue weighted by Gasteiger charge is -2.05. The van der Waals surface area contributed by atoms with E-state index in [0.717, 1.165) is 29.5 Å². The van der Waals surface area contributed by atoms with Gasteiger partial charge in [0.25, 0.3) is 0 Å². The van der Waals surface area contributed by atoms with E-state index >= 15 is 0 Å². The predicted octanol–water partition coefficient (Wildman–Crippen LogP) is 3.69. The van der Waals surface area contributed by atoms with Gasteiger partial charge >= 0.3 is 0 Å². The number of nitrogens with zero attached hydrogens (tertiary/aromatic N) is 2. The van der Waals surface area contributed by atoms with Crippen LogP contribution >= 0.6 is 23.1 Å². The molecule has 1 unspecified atom stereocenters. The third-order valence-electron chi connectivity index (χ3n) is 2.94. The Hall–Kier alpha value is -1.18. The Morgan fingerprint density at radius 2 is 2.30 bits per heavy atom. The van der Waals surface area contributed by atoms with Crippen LogP contribution < -0.4 is 5.32 Å². The highest BCUT2D eigenvalue weighted by molar-refractivity contribution is 8.01. The Kier molecular flexibility index (Phi) is 4.49. The number of nitrogens with one attached hydrogen (secondary N) is 1. The zero-order valence-corrected chi connectivity index (χ0v) is 12.3. The van der Waals surface area contributed by atoms with Gasteiger partial charge in [-0.05, 0) is 25.0 Å². The zero-order chi connectivity index (χ0) is 13.8. The summed E-state index contributed by atoms with van der Waals surface area (Å²) >= 11 is 3.07. The Labute approximate surface area is 124 Å². The number of hydrogen-bond acceptors (Lipinski definition) is 6. The molecule has 2 heterocycles. The fraction of sp³-hybridized carbons (Fsp3) is 0.385. The summed E-state index contributed by atoms with van der Waals surface area (Å²) < 4.78 is 19.9. The number of hydrogen-bond donors (Lipinski definition) is 1. The predicted molar refractivity (Wildman–Crippen MR) is 79.3 cm³/mol. The summed E-state index contributed by atoms with van der Waals surface area (Å²) in [5, 5.41) is 11.7. The summed E-state index contributed by atoms with van der Waals surface area (Å²) in [5.74, 6) is 0.602. The largest absolute Gasteiger partial charge is 0.377 e. The van der Waals surface area contributed by atoms with Crippen LogP contribution in [0.1, 0.15) is 12.8 Å². The van der Waals surface area contributed by atoms with E-state index in [9.17, 15) is 4.39 Å². The van der Waals surface area contributed by atoms with Crippen molar-refractivity contribution in [2.24, 2.45) is 0 Å². The molecule has 0 saturated carbocycles. The summed E-state index contributed by atoms with van der Waals surface area (Å²) in [4.78, 5) is 0. The van der Waals surface area contributed by atoms with Crippen molar-refractivity contribution < 1.29 is 9.13 Å². The summed E-state index contributed by atoms with van der Waals surface area (Å²) in [6, 6.07) is 6.52. The first-order valence-electron chi connectivity index (χ1n) is 6.41. The van der Waals surface area contributed by atoms with Gasteiger partial charge in [0.2, 0.25) is 5.13 Å². The van der Waals surface area contributed by atoms with E-state index in [1.54, 1.807) is 30.0 Å². The minimum absolute atomic E-state index is 0.295. The minimum Gasteiger partial charge on any atom is -0.377 e. The van der Waals surface area contributed by atoms with Crippen molar-refractivity contribution in [1.29, 1.82) is 0 Å². The Balaban J connectivity index is 1.57. The molecule has 3 rings (SSSR count). The fourth-order valence-electron chi connectivity index (χ4n) is 1.94. The van der Waals surface area contributed by atoms with Crippen LogP contribution in [0.5, 0.6) is 0 Å². The Bertz CT molecular complexity index is 572. The summed E-state index contributed by atoms with van der Waals surface area (Å²) in [6.45, 7) is 0.863. The van der Waals surface area contributed by atoms with Gasteiger partial charge in [0.15, 0.2) is 4.34 Å². The van der Waals surface area contributed by atoms with Gasteiger partial charge in [0.05, 0.1) is 11.8 Å². The number of para-hydroxylation sites is 1. The number of halogens is 1. The molecule has 0 spiro atoms. The Morgan fingerprint density at radius 3 is 3.10 bits per heavy atom. The highest BCUT2D eigenvalue weighted by Crippen LogP contribution is 2.30. The average Bonchev–Trinajstić information content (AvgIpc) is 3.10. The molecule has 1 atom stereocenters. The molecular weight excluding hydrogens is 297 g/mol. The molecule has 0 amide bonds. The quantitative estimate of drug-likeness (QED) is 0.853. The second-order valence-electron chi connectivity index (χ2n) is 4.42. The van der Waals surface area contributed by atoms with E-state index in [0.29, 0.717) is 16.9 Å². The van der Waals surface area contributed by atoms with Gasteiger partial charge in [0.1, 0.15) is 5.82 Å². The molecule has 1 aliphatic rings. The maximum Gasteiger partial charge on any atom is 0.210 e. The summed E-state index contributed by atoms with van der Waals surface area (Å²) in [5.41, 5.74) is 0.416. The van der Waals surface area contributed by atoms with Crippen LogP contribution in [0.2, 0.25) is 0 Å². The first-order chi connectivity index (χ1) is 9.81. The maximum absolute atomic E-state index is 13.5. The average molecular weight is 311 g/mol. The lowest BCUT2D eigenvalue weighted by atomic mass is 10.3. The molecule has 106 valence electrons. The molecule has 1 aliphatic heterocycles. The molecule has 1 saturated heterocycles. The highest BCUT2D eigenvalue weighted by atomic mass is 32.2. The molecule has 1 aromatic heterocycles. The van der Waals surface area contributed by atoms with Gasteiger partial charge < -0.3 is 10.1 Å². The van der Waals surface area contributed by atoms with Gasteiger partial charge in [-0.25, -0.2) is 4.39 Å². The number of aromatic nitrogens is 2. The fourth-order valence-corrected chi connectivity index (χ4v) is 3.79. The molecular formula is C13H14FN3OS2.